The monoisotopic (exact) mass is 372 g/mol. The highest BCUT2D eigenvalue weighted by atomic mass is 19.1. The van der Waals surface area contributed by atoms with Crippen molar-refractivity contribution < 1.29 is 14.0 Å². The van der Waals surface area contributed by atoms with Gasteiger partial charge >= 0.3 is 0 Å². The lowest BCUT2D eigenvalue weighted by Crippen LogP contribution is -2.16. The summed E-state index contributed by atoms with van der Waals surface area (Å²) in [6.07, 6.45) is 4.18. The summed E-state index contributed by atoms with van der Waals surface area (Å²) in [6.45, 7) is 0.267. The standard InChI is InChI=1S/C16H17FN8O2/c17-12(4-6-24-9-14(11-26)20-22-24)8-25-10-15(21-23-25)19-16(27)7-13-3-1-2-5-18-13/h1-3,5,9-12H,4,6-8H2,(H,19,27). The number of amides is 1. The molecule has 0 radical (unpaired) electrons. The van der Waals surface area contributed by atoms with E-state index < -0.39 is 6.17 Å². The third kappa shape index (κ3) is 5.49. The fourth-order valence-corrected chi connectivity index (χ4v) is 2.34. The Labute approximate surface area is 153 Å². The molecule has 1 N–H and O–H groups in total. The van der Waals surface area contributed by atoms with Gasteiger partial charge < -0.3 is 5.32 Å². The number of hydrogen-bond acceptors (Lipinski definition) is 7. The van der Waals surface area contributed by atoms with Gasteiger partial charge in [-0.3, -0.25) is 19.3 Å². The second-order valence-corrected chi connectivity index (χ2v) is 5.78. The van der Waals surface area contributed by atoms with Crippen LogP contribution in [-0.4, -0.2) is 53.3 Å². The molecule has 0 aliphatic heterocycles. The molecule has 1 amide bonds. The first kappa shape index (κ1) is 18.3. The topological polar surface area (TPSA) is 120 Å². The zero-order valence-electron chi connectivity index (χ0n) is 14.3. The van der Waals surface area contributed by atoms with E-state index in [1.165, 1.54) is 21.8 Å². The predicted octanol–water partition coefficient (Wildman–Crippen LogP) is 0.687. The first-order chi connectivity index (χ1) is 13.1. The van der Waals surface area contributed by atoms with E-state index in [-0.39, 0.29) is 43.4 Å². The lowest BCUT2D eigenvalue weighted by Gasteiger charge is -2.07. The van der Waals surface area contributed by atoms with E-state index in [4.69, 9.17) is 0 Å². The normalized spacial score (nSPS) is 11.9. The van der Waals surface area contributed by atoms with Crippen molar-refractivity contribution in [2.75, 3.05) is 5.32 Å². The van der Waals surface area contributed by atoms with Crippen molar-refractivity contribution in [2.45, 2.75) is 32.1 Å². The van der Waals surface area contributed by atoms with Crippen LogP contribution < -0.4 is 5.32 Å². The number of pyridine rings is 1. The van der Waals surface area contributed by atoms with Crippen LogP contribution in [0.1, 0.15) is 22.6 Å². The summed E-state index contributed by atoms with van der Waals surface area (Å²) in [4.78, 5) is 26.6. The van der Waals surface area contributed by atoms with Crippen molar-refractivity contribution in [1.82, 2.24) is 35.0 Å². The van der Waals surface area contributed by atoms with Crippen LogP contribution in [0.15, 0.2) is 36.8 Å². The summed E-state index contributed by atoms with van der Waals surface area (Å²) in [5.41, 5.74) is 0.838. The summed E-state index contributed by atoms with van der Waals surface area (Å²) in [5.74, 6) is -0.0373. The molecule has 3 heterocycles. The van der Waals surface area contributed by atoms with E-state index in [1.807, 2.05) is 0 Å². The van der Waals surface area contributed by atoms with Crippen LogP contribution >= 0.6 is 0 Å². The van der Waals surface area contributed by atoms with E-state index in [0.29, 0.717) is 12.0 Å². The second-order valence-electron chi connectivity index (χ2n) is 5.78. The number of aryl methyl sites for hydroxylation is 1. The van der Waals surface area contributed by atoms with Crippen LogP contribution in [0.25, 0.3) is 0 Å². The average Bonchev–Trinajstić information content (AvgIpc) is 3.30. The Kier molecular flexibility index (Phi) is 5.92. The third-order valence-electron chi connectivity index (χ3n) is 3.61. The summed E-state index contributed by atoms with van der Waals surface area (Å²) < 4.78 is 16.8. The van der Waals surface area contributed by atoms with Crippen molar-refractivity contribution in [3.63, 3.8) is 0 Å². The van der Waals surface area contributed by atoms with E-state index in [2.05, 4.69) is 30.9 Å². The van der Waals surface area contributed by atoms with Crippen LogP contribution in [0.2, 0.25) is 0 Å². The number of aldehydes is 1. The Bertz CT molecular complexity index is 895. The molecule has 10 nitrogen and oxygen atoms in total. The number of carbonyl (C=O) groups excluding carboxylic acids is 2. The largest absolute Gasteiger partial charge is 0.308 e. The van der Waals surface area contributed by atoms with Crippen molar-refractivity contribution in [1.29, 1.82) is 0 Å². The number of alkyl halides is 1. The van der Waals surface area contributed by atoms with E-state index >= 15 is 0 Å². The lowest BCUT2D eigenvalue weighted by atomic mass is 10.2. The number of halogens is 1. The van der Waals surface area contributed by atoms with Gasteiger partial charge in [-0.1, -0.05) is 16.5 Å². The molecule has 3 aromatic rings. The molecule has 11 heteroatoms. The maximum atomic E-state index is 14.1. The van der Waals surface area contributed by atoms with E-state index in [9.17, 15) is 14.0 Å². The number of rotatable bonds is 9. The number of nitrogens with zero attached hydrogens (tertiary/aromatic N) is 7. The lowest BCUT2D eigenvalue weighted by molar-refractivity contribution is -0.115. The first-order valence-electron chi connectivity index (χ1n) is 8.21. The van der Waals surface area contributed by atoms with Gasteiger partial charge in [0.2, 0.25) is 5.91 Å². The molecule has 3 aromatic heterocycles. The van der Waals surface area contributed by atoms with E-state index in [1.54, 1.807) is 24.4 Å². The molecular weight excluding hydrogens is 355 g/mol. The molecule has 0 aromatic carbocycles. The zero-order valence-corrected chi connectivity index (χ0v) is 14.3. The molecule has 0 saturated carbocycles. The molecule has 0 saturated heterocycles. The molecule has 0 fully saturated rings. The third-order valence-corrected chi connectivity index (χ3v) is 3.61. The molecule has 3 rings (SSSR count). The Morgan fingerprint density at radius 2 is 2.07 bits per heavy atom. The van der Waals surface area contributed by atoms with Crippen LogP contribution in [0.4, 0.5) is 10.2 Å². The van der Waals surface area contributed by atoms with Gasteiger partial charge in [-0.05, 0) is 12.1 Å². The molecular formula is C16H17FN8O2. The molecule has 1 unspecified atom stereocenters. The van der Waals surface area contributed by atoms with Gasteiger partial charge in [0.05, 0.1) is 25.4 Å². The quantitative estimate of drug-likeness (QED) is 0.549. The molecule has 0 bridgehead atoms. The zero-order chi connectivity index (χ0) is 19.1. The van der Waals surface area contributed by atoms with Crippen molar-refractivity contribution in [3.05, 3.63) is 48.2 Å². The minimum absolute atomic E-state index is 0.0155. The number of aromatic nitrogens is 7. The Balaban J connectivity index is 1.45. The summed E-state index contributed by atoms with van der Waals surface area (Å²) in [7, 11) is 0. The summed E-state index contributed by atoms with van der Waals surface area (Å²) >= 11 is 0. The van der Waals surface area contributed by atoms with Gasteiger partial charge in [-0.2, -0.15) is 0 Å². The van der Waals surface area contributed by atoms with Crippen LogP contribution in [-0.2, 0) is 24.3 Å². The fourth-order valence-electron chi connectivity index (χ4n) is 2.34. The molecule has 27 heavy (non-hydrogen) atoms. The molecule has 1 atom stereocenters. The fraction of sp³-hybridized carbons (Fsp3) is 0.312. The number of hydrogen-bond donors (Lipinski definition) is 1. The van der Waals surface area contributed by atoms with Crippen molar-refractivity contribution in [2.24, 2.45) is 0 Å². The summed E-state index contributed by atoms with van der Waals surface area (Å²) in [6, 6.07) is 5.31. The molecule has 140 valence electrons. The van der Waals surface area contributed by atoms with Gasteiger partial charge in [0.1, 0.15) is 11.9 Å². The highest BCUT2D eigenvalue weighted by molar-refractivity contribution is 5.90. The van der Waals surface area contributed by atoms with Gasteiger partial charge in [0, 0.05) is 24.9 Å². The Morgan fingerprint density at radius 3 is 2.81 bits per heavy atom. The molecule has 0 aliphatic carbocycles. The maximum Gasteiger partial charge on any atom is 0.231 e. The second kappa shape index (κ2) is 8.74. The van der Waals surface area contributed by atoms with Gasteiger partial charge in [-0.15, -0.1) is 10.2 Å². The van der Waals surface area contributed by atoms with E-state index in [0.717, 1.165) is 0 Å². The minimum Gasteiger partial charge on any atom is -0.308 e. The van der Waals surface area contributed by atoms with Gasteiger partial charge in [0.25, 0.3) is 0 Å². The minimum atomic E-state index is -1.20. The SMILES string of the molecule is O=Cc1cn(CCC(F)Cn2cc(NC(=O)Cc3ccccn3)nn2)nn1. The highest BCUT2D eigenvalue weighted by Gasteiger charge is 2.12. The van der Waals surface area contributed by atoms with Crippen LogP contribution in [0.5, 0.6) is 0 Å². The summed E-state index contributed by atoms with van der Waals surface area (Å²) in [5, 5.41) is 17.5. The van der Waals surface area contributed by atoms with Gasteiger partial charge in [0.15, 0.2) is 12.1 Å². The molecule has 0 spiro atoms. The average molecular weight is 372 g/mol. The first-order valence-corrected chi connectivity index (χ1v) is 8.21. The highest BCUT2D eigenvalue weighted by Crippen LogP contribution is 2.07. The number of nitrogens with one attached hydrogen (secondary N) is 1. The molecule has 0 aliphatic rings. The predicted molar refractivity (Wildman–Crippen MR) is 91.5 cm³/mol. The van der Waals surface area contributed by atoms with Crippen molar-refractivity contribution >= 4 is 18.0 Å². The Morgan fingerprint density at radius 1 is 1.22 bits per heavy atom. The van der Waals surface area contributed by atoms with Crippen LogP contribution in [0, 0.1) is 0 Å². The smallest absolute Gasteiger partial charge is 0.231 e. The van der Waals surface area contributed by atoms with Crippen LogP contribution in [0.3, 0.4) is 0 Å². The van der Waals surface area contributed by atoms with Crippen molar-refractivity contribution in [3.8, 4) is 0 Å². The maximum absolute atomic E-state index is 14.1. The Hall–Kier alpha value is -3.50. The van der Waals surface area contributed by atoms with Gasteiger partial charge in [-0.25, -0.2) is 9.07 Å². The number of carbonyl (C=O) groups is 2. The number of anilines is 1.